The highest BCUT2D eigenvalue weighted by Crippen LogP contribution is 2.33. The van der Waals surface area contributed by atoms with Gasteiger partial charge in [0.25, 0.3) is 0 Å². The predicted molar refractivity (Wildman–Crippen MR) is 132 cm³/mol. The summed E-state index contributed by atoms with van der Waals surface area (Å²) in [7, 11) is 0. The van der Waals surface area contributed by atoms with E-state index < -0.39 is 61.0 Å². The fraction of sp³-hybridized carbons (Fsp3) is 0.615. The van der Waals surface area contributed by atoms with E-state index in [-0.39, 0.29) is 17.6 Å². The molecule has 1 fully saturated rings. The Labute approximate surface area is 212 Å². The molecule has 36 heavy (non-hydrogen) atoms. The highest BCUT2D eigenvalue weighted by atomic mass is 17.1. The molecule has 10 heteroatoms. The Kier molecular flexibility index (Phi) is 12.7. The van der Waals surface area contributed by atoms with Crippen LogP contribution < -0.4 is 0 Å². The van der Waals surface area contributed by atoms with E-state index in [2.05, 4.69) is 18.0 Å². The minimum atomic E-state index is -1.59. The van der Waals surface area contributed by atoms with Gasteiger partial charge in [0.2, 0.25) is 0 Å². The summed E-state index contributed by atoms with van der Waals surface area (Å²) in [5.41, 5.74) is 0.0703. The second-order valence-electron chi connectivity index (χ2n) is 9.01. The summed E-state index contributed by atoms with van der Waals surface area (Å²) in [6.07, 6.45) is -2.35. The smallest absolute Gasteiger partial charge is 0.333 e. The topological polar surface area (TPSA) is 141 Å². The van der Waals surface area contributed by atoms with Gasteiger partial charge in [-0.15, -0.1) is 6.58 Å². The van der Waals surface area contributed by atoms with Crippen LogP contribution in [-0.4, -0.2) is 76.4 Å². The van der Waals surface area contributed by atoms with Gasteiger partial charge < -0.3 is 29.2 Å². The van der Waals surface area contributed by atoms with Gasteiger partial charge in [0.1, 0.15) is 18.3 Å². The lowest BCUT2D eigenvalue weighted by Gasteiger charge is -2.45. The number of rotatable bonds is 13. The zero-order valence-electron chi connectivity index (χ0n) is 21.9. The number of hydrogen-bond donors (Lipinski definition) is 3. The van der Waals surface area contributed by atoms with E-state index in [4.69, 9.17) is 24.2 Å². The van der Waals surface area contributed by atoms with Crippen LogP contribution in [0.15, 0.2) is 48.1 Å². The second-order valence-corrected chi connectivity index (χ2v) is 9.01. The van der Waals surface area contributed by atoms with Crippen molar-refractivity contribution >= 4 is 11.9 Å². The Bertz CT molecular complexity index is 848. The van der Waals surface area contributed by atoms with Crippen molar-refractivity contribution in [3.05, 3.63) is 48.1 Å². The standard InChI is InChI=1S/C26H40O10/c1-9-16(6)23(29)33-21-19(14-27)32-25(20(28)22(21)34-24(30)17(7)10-2)35-26(8,11-3)13-12-18(36-31)15(4)5/h9-11,18-22,25,27-28,31H,3-4,12-14H2,1-2,5-8H3/b16-9-,17-10-/t18-,19+,20+,21+,22+,25-,26+/m0/s1. The summed E-state index contributed by atoms with van der Waals surface area (Å²) >= 11 is 0. The maximum Gasteiger partial charge on any atom is 0.333 e. The van der Waals surface area contributed by atoms with Crippen molar-refractivity contribution < 1.29 is 48.9 Å². The van der Waals surface area contributed by atoms with Gasteiger partial charge in [0.05, 0.1) is 12.2 Å². The monoisotopic (exact) mass is 512 g/mol. The normalized spacial score (nSPS) is 27.5. The molecule has 7 atom stereocenters. The summed E-state index contributed by atoms with van der Waals surface area (Å²) in [5, 5.41) is 30.3. The highest BCUT2D eigenvalue weighted by molar-refractivity contribution is 5.88. The second kappa shape index (κ2) is 14.4. The largest absolute Gasteiger partial charge is 0.452 e. The molecule has 0 aromatic rings. The van der Waals surface area contributed by atoms with Crippen molar-refractivity contribution in [1.82, 2.24) is 0 Å². The van der Waals surface area contributed by atoms with Crippen molar-refractivity contribution in [3.63, 3.8) is 0 Å². The van der Waals surface area contributed by atoms with Crippen LogP contribution in [0, 0.1) is 0 Å². The van der Waals surface area contributed by atoms with Crippen LogP contribution in [0.3, 0.4) is 0 Å². The number of ether oxygens (including phenoxy) is 4. The fourth-order valence-electron chi connectivity index (χ4n) is 3.37. The third-order valence-corrected chi connectivity index (χ3v) is 6.19. The van der Waals surface area contributed by atoms with Crippen LogP contribution in [0.4, 0.5) is 0 Å². The first-order valence-corrected chi connectivity index (χ1v) is 11.8. The number of aliphatic hydroxyl groups excluding tert-OH is 2. The van der Waals surface area contributed by atoms with Gasteiger partial charge >= 0.3 is 11.9 Å². The molecule has 1 rings (SSSR count). The van der Waals surface area contributed by atoms with Crippen LogP contribution >= 0.6 is 0 Å². The van der Waals surface area contributed by atoms with Crippen LogP contribution in [0.2, 0.25) is 0 Å². The third kappa shape index (κ3) is 8.36. The molecule has 0 aliphatic carbocycles. The number of allylic oxidation sites excluding steroid dienone is 2. The van der Waals surface area contributed by atoms with Crippen molar-refractivity contribution in [2.75, 3.05) is 6.61 Å². The molecule has 3 N–H and O–H groups in total. The molecule has 10 nitrogen and oxygen atoms in total. The van der Waals surface area contributed by atoms with Crippen LogP contribution in [0.25, 0.3) is 0 Å². The molecule has 0 aromatic heterocycles. The Hall–Kier alpha value is -2.34. The molecule has 0 amide bonds. The predicted octanol–water partition coefficient (Wildman–Crippen LogP) is 3.00. The number of carbonyl (C=O) groups excluding carboxylic acids is 2. The molecule has 0 radical (unpaired) electrons. The molecule has 1 saturated heterocycles. The molecule has 0 spiro atoms. The SMILES string of the molecule is C=C[C@](C)(CC[C@H](OO)C(=C)C)O[C@@H]1O[C@H](CO)[C@@H](OC(=O)/C(C)=C\C)[C@H](OC(=O)/C(C)=C\C)[C@H]1O. The van der Waals surface area contributed by atoms with Crippen molar-refractivity contribution in [1.29, 1.82) is 0 Å². The molecule has 1 aliphatic heterocycles. The Morgan fingerprint density at radius 3 is 2.03 bits per heavy atom. The summed E-state index contributed by atoms with van der Waals surface area (Å²) in [6, 6.07) is 0. The first kappa shape index (κ1) is 31.7. The molecule has 0 aromatic carbocycles. The van der Waals surface area contributed by atoms with E-state index in [1.807, 2.05) is 0 Å². The molecule has 1 heterocycles. The summed E-state index contributed by atoms with van der Waals surface area (Å²) in [4.78, 5) is 29.5. The lowest BCUT2D eigenvalue weighted by atomic mass is 9.94. The van der Waals surface area contributed by atoms with Gasteiger partial charge in [0.15, 0.2) is 18.5 Å². The molecule has 1 aliphatic rings. The average molecular weight is 513 g/mol. The summed E-state index contributed by atoms with van der Waals surface area (Å²) < 4.78 is 22.8. The lowest BCUT2D eigenvalue weighted by molar-refractivity contribution is -0.323. The van der Waals surface area contributed by atoms with Gasteiger partial charge in [-0.05, 0) is 60.0 Å². The molecule has 204 valence electrons. The van der Waals surface area contributed by atoms with E-state index in [1.54, 1.807) is 27.7 Å². The quantitative estimate of drug-likeness (QED) is 0.111. The Balaban J connectivity index is 3.27. The van der Waals surface area contributed by atoms with Crippen molar-refractivity contribution in [3.8, 4) is 0 Å². The maximum absolute atomic E-state index is 12.6. The lowest BCUT2D eigenvalue weighted by Crippen LogP contribution is -2.62. The number of carbonyl (C=O) groups is 2. The zero-order valence-corrected chi connectivity index (χ0v) is 21.9. The molecule has 0 saturated carbocycles. The first-order valence-electron chi connectivity index (χ1n) is 11.8. The Morgan fingerprint density at radius 1 is 1.08 bits per heavy atom. The highest BCUT2D eigenvalue weighted by Gasteiger charge is 2.51. The minimum absolute atomic E-state index is 0.271. The summed E-state index contributed by atoms with van der Waals surface area (Å²) in [6.45, 7) is 16.7. The van der Waals surface area contributed by atoms with Crippen molar-refractivity contribution in [2.24, 2.45) is 0 Å². The van der Waals surface area contributed by atoms with Crippen LogP contribution in [0.5, 0.6) is 0 Å². The van der Waals surface area contributed by atoms with Gasteiger partial charge in [-0.1, -0.05) is 24.8 Å². The first-order chi connectivity index (χ1) is 16.9. The van der Waals surface area contributed by atoms with Gasteiger partial charge in [-0.3, -0.25) is 5.26 Å². The minimum Gasteiger partial charge on any atom is -0.452 e. The van der Waals surface area contributed by atoms with E-state index in [1.165, 1.54) is 32.1 Å². The maximum atomic E-state index is 12.6. The Morgan fingerprint density at radius 2 is 1.61 bits per heavy atom. The molecule has 0 unspecified atom stereocenters. The number of esters is 2. The van der Waals surface area contributed by atoms with E-state index in [9.17, 15) is 19.8 Å². The van der Waals surface area contributed by atoms with E-state index in [0.29, 0.717) is 12.0 Å². The molecule has 0 bridgehead atoms. The third-order valence-electron chi connectivity index (χ3n) is 6.19. The molecular weight excluding hydrogens is 472 g/mol. The zero-order chi connectivity index (χ0) is 27.6. The average Bonchev–Trinajstić information content (AvgIpc) is 2.86. The van der Waals surface area contributed by atoms with Gasteiger partial charge in [-0.2, -0.15) is 0 Å². The number of hydrogen-bond acceptors (Lipinski definition) is 10. The fourth-order valence-corrected chi connectivity index (χ4v) is 3.37. The van der Waals surface area contributed by atoms with E-state index >= 15 is 0 Å². The van der Waals surface area contributed by atoms with E-state index in [0.717, 1.165) is 0 Å². The van der Waals surface area contributed by atoms with Gasteiger partial charge in [-0.25, -0.2) is 14.5 Å². The van der Waals surface area contributed by atoms with Crippen molar-refractivity contribution in [2.45, 2.75) is 96.8 Å². The summed E-state index contributed by atoms with van der Waals surface area (Å²) in [5.74, 6) is -1.45. The van der Waals surface area contributed by atoms with Crippen LogP contribution in [-0.2, 0) is 33.4 Å². The number of aliphatic hydroxyl groups is 2. The van der Waals surface area contributed by atoms with Gasteiger partial charge in [0, 0.05) is 11.1 Å². The van der Waals surface area contributed by atoms with Crippen LogP contribution in [0.1, 0.15) is 54.4 Å². The molecular formula is C26H40O10.